The largest absolute Gasteiger partial charge is 0.496 e. The first-order chi connectivity index (χ1) is 15.0. The lowest BCUT2D eigenvalue weighted by Gasteiger charge is -2.41. The molecule has 1 aromatic carbocycles. The van der Waals surface area contributed by atoms with Crippen molar-refractivity contribution in [1.82, 2.24) is 0 Å². The molecule has 0 radical (unpaired) electrons. The van der Waals surface area contributed by atoms with Crippen LogP contribution in [0.4, 0.5) is 0 Å². The molecular formula is C26H39NO4Si. The highest BCUT2D eigenvalue weighted by Gasteiger charge is 2.41. The summed E-state index contributed by atoms with van der Waals surface area (Å²) in [4.78, 5) is 13.3. The third-order valence-electron chi connectivity index (χ3n) is 6.78. The molecule has 0 N–H and O–H groups in total. The predicted octanol–water partition coefficient (Wildman–Crippen LogP) is 6.44. The van der Waals surface area contributed by atoms with E-state index in [0.717, 1.165) is 12.0 Å². The van der Waals surface area contributed by atoms with Gasteiger partial charge in [-0.1, -0.05) is 52.0 Å². The van der Waals surface area contributed by atoms with Crippen molar-refractivity contribution < 1.29 is 18.7 Å². The zero-order chi connectivity index (χ0) is 23.9. The number of benzene rings is 1. The number of carbonyl (C=O) groups excluding carboxylic acids is 1. The Hall–Kier alpha value is -2.10. The molecule has 0 bridgehead atoms. The van der Waals surface area contributed by atoms with Crippen molar-refractivity contribution >= 4 is 14.3 Å². The molecule has 0 aliphatic carbocycles. The number of ether oxygens (including phenoxy) is 2. The number of cyclic esters (lactones) is 1. The highest BCUT2D eigenvalue weighted by molar-refractivity contribution is 6.74. The Kier molecular flexibility index (Phi) is 9.12. The van der Waals surface area contributed by atoms with Crippen LogP contribution >= 0.6 is 0 Å². The maximum atomic E-state index is 13.3. The minimum absolute atomic E-state index is 0.0476. The van der Waals surface area contributed by atoms with Gasteiger partial charge in [-0.25, -0.2) is 4.79 Å². The van der Waals surface area contributed by atoms with Crippen LogP contribution in [-0.4, -0.2) is 33.6 Å². The minimum atomic E-state index is -2.02. The third-order valence-corrected chi connectivity index (χ3v) is 11.3. The Labute approximate surface area is 194 Å². The van der Waals surface area contributed by atoms with E-state index in [2.05, 4.69) is 59.0 Å². The molecule has 32 heavy (non-hydrogen) atoms. The Balaban J connectivity index is 2.43. The fourth-order valence-electron chi connectivity index (χ4n) is 3.69. The fourth-order valence-corrected chi connectivity index (χ4v) is 5.13. The molecule has 0 saturated carbocycles. The summed E-state index contributed by atoms with van der Waals surface area (Å²) < 4.78 is 18.3. The van der Waals surface area contributed by atoms with E-state index >= 15 is 0 Å². The molecule has 0 saturated heterocycles. The van der Waals surface area contributed by atoms with Crippen molar-refractivity contribution in [2.45, 2.75) is 90.1 Å². The van der Waals surface area contributed by atoms with Crippen LogP contribution in [0.15, 0.2) is 30.4 Å². The standard InChI is InChI=1S/C26H39NO4Si/c1-19-12-8-9-13-20-14-10-16-22(29-5)24(20)25(28)30-21(15-11-17-27)18-23(19)31-32(6,7)26(2,3)4/h8-10,14,16,19,21,23H,11-13,15,18H2,1-7H3/b9-8+/t19-,21-,23+/m0/s1. The topological polar surface area (TPSA) is 68.5 Å². The number of allylic oxidation sites excluding steroid dienone is 2. The van der Waals surface area contributed by atoms with Crippen LogP contribution < -0.4 is 4.74 Å². The van der Waals surface area contributed by atoms with Crippen LogP contribution in [-0.2, 0) is 15.6 Å². The predicted molar refractivity (Wildman–Crippen MR) is 130 cm³/mol. The maximum absolute atomic E-state index is 13.3. The van der Waals surface area contributed by atoms with E-state index in [1.807, 2.05) is 12.1 Å². The lowest BCUT2D eigenvalue weighted by molar-refractivity contribution is 0.00636. The summed E-state index contributed by atoms with van der Waals surface area (Å²) in [6.45, 7) is 13.4. The molecule has 5 nitrogen and oxygen atoms in total. The lowest BCUT2D eigenvalue weighted by Crippen LogP contribution is -2.46. The lowest BCUT2D eigenvalue weighted by atomic mass is 9.93. The van der Waals surface area contributed by atoms with E-state index in [0.29, 0.717) is 37.0 Å². The van der Waals surface area contributed by atoms with Gasteiger partial charge in [-0.2, -0.15) is 5.26 Å². The number of hydrogen-bond donors (Lipinski definition) is 0. The van der Waals surface area contributed by atoms with Gasteiger partial charge in [0, 0.05) is 12.8 Å². The average molecular weight is 458 g/mol. The first-order valence-corrected chi connectivity index (χ1v) is 14.5. The Morgan fingerprint density at radius 1 is 1.25 bits per heavy atom. The van der Waals surface area contributed by atoms with Crippen LogP contribution in [0, 0.1) is 17.2 Å². The normalized spacial score (nSPS) is 23.7. The van der Waals surface area contributed by atoms with Crippen molar-refractivity contribution in [2.24, 2.45) is 5.92 Å². The molecule has 1 heterocycles. The number of carbonyl (C=O) groups is 1. The van der Waals surface area contributed by atoms with Gasteiger partial charge in [-0.15, -0.1) is 0 Å². The fraction of sp³-hybridized carbons (Fsp3) is 0.615. The van der Waals surface area contributed by atoms with Gasteiger partial charge in [0.1, 0.15) is 17.4 Å². The molecule has 1 aliphatic rings. The molecule has 176 valence electrons. The zero-order valence-electron chi connectivity index (χ0n) is 20.7. The Bertz CT molecular complexity index is 850. The van der Waals surface area contributed by atoms with E-state index in [1.165, 1.54) is 0 Å². The summed E-state index contributed by atoms with van der Waals surface area (Å²) in [5.41, 5.74) is 1.35. The second-order valence-electron chi connectivity index (χ2n) is 10.3. The molecule has 0 unspecified atom stereocenters. The van der Waals surface area contributed by atoms with Crippen LogP contribution in [0.5, 0.6) is 5.75 Å². The Morgan fingerprint density at radius 2 is 1.97 bits per heavy atom. The van der Waals surface area contributed by atoms with Crippen molar-refractivity contribution in [2.75, 3.05) is 7.11 Å². The number of methoxy groups -OCH3 is 1. The molecule has 0 fully saturated rings. The van der Waals surface area contributed by atoms with Gasteiger partial charge < -0.3 is 13.9 Å². The van der Waals surface area contributed by atoms with Crippen LogP contribution in [0.3, 0.4) is 0 Å². The summed E-state index contributed by atoms with van der Waals surface area (Å²) >= 11 is 0. The zero-order valence-corrected chi connectivity index (χ0v) is 21.7. The highest BCUT2D eigenvalue weighted by Crippen LogP contribution is 2.39. The van der Waals surface area contributed by atoms with Crippen LogP contribution in [0.2, 0.25) is 18.1 Å². The second-order valence-corrected chi connectivity index (χ2v) is 15.0. The number of fused-ring (bicyclic) bond motifs is 1. The van der Waals surface area contributed by atoms with Crippen LogP contribution in [0.1, 0.15) is 69.3 Å². The van der Waals surface area contributed by atoms with Gasteiger partial charge in [0.25, 0.3) is 0 Å². The highest BCUT2D eigenvalue weighted by atomic mass is 28.4. The Morgan fingerprint density at radius 3 is 2.59 bits per heavy atom. The van der Waals surface area contributed by atoms with Gasteiger partial charge >= 0.3 is 5.97 Å². The summed E-state index contributed by atoms with van der Waals surface area (Å²) in [6.07, 6.45) is 6.79. The maximum Gasteiger partial charge on any atom is 0.342 e. The van der Waals surface area contributed by atoms with Gasteiger partial charge in [-0.05, 0) is 54.9 Å². The van der Waals surface area contributed by atoms with Crippen LogP contribution in [0.25, 0.3) is 0 Å². The molecule has 6 heteroatoms. The van der Waals surface area contributed by atoms with Crippen molar-refractivity contribution in [1.29, 1.82) is 5.26 Å². The first kappa shape index (κ1) is 26.2. The molecule has 0 amide bonds. The molecule has 0 spiro atoms. The number of nitriles is 1. The molecule has 2 rings (SSSR count). The summed E-state index contributed by atoms with van der Waals surface area (Å²) in [5, 5.41) is 9.26. The average Bonchev–Trinajstić information content (AvgIpc) is 2.72. The third kappa shape index (κ3) is 6.70. The number of nitrogens with zero attached hydrogens (tertiary/aromatic N) is 1. The summed E-state index contributed by atoms with van der Waals surface area (Å²) in [6, 6.07) is 7.81. The van der Waals surface area contributed by atoms with E-state index in [9.17, 15) is 10.1 Å². The van der Waals surface area contributed by atoms with Crippen molar-refractivity contribution in [3.8, 4) is 11.8 Å². The quantitative estimate of drug-likeness (QED) is 0.289. The van der Waals surface area contributed by atoms with Gasteiger partial charge in [-0.3, -0.25) is 0 Å². The number of hydrogen-bond acceptors (Lipinski definition) is 5. The van der Waals surface area contributed by atoms with E-state index < -0.39 is 14.3 Å². The second kappa shape index (κ2) is 11.2. The van der Waals surface area contributed by atoms with Gasteiger partial charge in [0.2, 0.25) is 0 Å². The number of esters is 1. The molecule has 1 aliphatic heterocycles. The number of rotatable bonds is 5. The summed E-state index contributed by atoms with van der Waals surface area (Å²) in [5.74, 6) is 0.389. The summed E-state index contributed by atoms with van der Waals surface area (Å²) in [7, 11) is -0.462. The van der Waals surface area contributed by atoms with Crippen molar-refractivity contribution in [3.05, 3.63) is 41.5 Å². The molecule has 3 atom stereocenters. The molecule has 1 aromatic rings. The van der Waals surface area contributed by atoms with E-state index in [-0.39, 0.29) is 23.2 Å². The van der Waals surface area contributed by atoms with Gasteiger partial charge in [0.05, 0.1) is 19.3 Å². The molecular weight excluding hydrogens is 418 g/mol. The van der Waals surface area contributed by atoms with E-state index in [4.69, 9.17) is 13.9 Å². The van der Waals surface area contributed by atoms with Gasteiger partial charge in [0.15, 0.2) is 8.32 Å². The SMILES string of the molecule is COc1cccc2c1C(=O)O[C@@H](CCC#N)C[C@@H](O[Si](C)(C)C(C)(C)C)[C@@H](C)C/C=C/C2. The monoisotopic (exact) mass is 457 g/mol. The molecule has 0 aromatic heterocycles. The minimum Gasteiger partial charge on any atom is -0.496 e. The van der Waals surface area contributed by atoms with Crippen molar-refractivity contribution in [3.63, 3.8) is 0 Å². The van der Waals surface area contributed by atoms with E-state index in [1.54, 1.807) is 13.2 Å². The first-order valence-electron chi connectivity index (χ1n) is 11.6. The smallest absolute Gasteiger partial charge is 0.342 e.